The zero-order valence-corrected chi connectivity index (χ0v) is 11.7. The van der Waals surface area contributed by atoms with Crippen LogP contribution in [0.1, 0.15) is 11.1 Å². The van der Waals surface area contributed by atoms with E-state index in [1.807, 2.05) is 60.8 Å². The fourth-order valence-electron chi connectivity index (χ4n) is 2.42. The second kappa shape index (κ2) is 5.60. The van der Waals surface area contributed by atoms with Crippen molar-refractivity contribution >= 4 is 0 Å². The van der Waals surface area contributed by atoms with Gasteiger partial charge in [-0.2, -0.15) is 5.26 Å². The van der Waals surface area contributed by atoms with E-state index in [1.54, 1.807) is 0 Å². The van der Waals surface area contributed by atoms with Crippen molar-refractivity contribution in [2.45, 2.75) is 6.92 Å². The van der Waals surface area contributed by atoms with Crippen molar-refractivity contribution in [3.05, 3.63) is 78.0 Å². The number of aromatic nitrogens is 1. The van der Waals surface area contributed by atoms with Crippen LogP contribution in [-0.4, -0.2) is 4.98 Å². The fourth-order valence-corrected chi connectivity index (χ4v) is 2.42. The van der Waals surface area contributed by atoms with Crippen LogP contribution in [0, 0.1) is 18.3 Å². The normalized spacial score (nSPS) is 10.1. The molecule has 21 heavy (non-hydrogen) atoms. The van der Waals surface area contributed by atoms with Gasteiger partial charge in [0.15, 0.2) is 0 Å². The summed E-state index contributed by atoms with van der Waals surface area (Å²) in [5.41, 5.74) is 5.78. The molecule has 0 fully saturated rings. The Morgan fingerprint density at radius 1 is 0.905 bits per heavy atom. The second-order valence-electron chi connectivity index (χ2n) is 4.91. The van der Waals surface area contributed by atoms with E-state index in [0.717, 1.165) is 27.9 Å². The predicted molar refractivity (Wildman–Crippen MR) is 84.6 cm³/mol. The Morgan fingerprint density at radius 3 is 2.33 bits per heavy atom. The van der Waals surface area contributed by atoms with E-state index in [4.69, 9.17) is 0 Å². The summed E-state index contributed by atoms with van der Waals surface area (Å²) in [4.78, 5) is 4.55. The van der Waals surface area contributed by atoms with Gasteiger partial charge in [0.2, 0.25) is 0 Å². The summed E-state index contributed by atoms with van der Waals surface area (Å²) in [6, 6.07) is 22.0. The first-order valence-corrected chi connectivity index (χ1v) is 6.81. The molecule has 0 N–H and O–H groups in total. The Kier molecular flexibility index (Phi) is 3.49. The van der Waals surface area contributed by atoms with E-state index < -0.39 is 0 Å². The highest BCUT2D eigenvalue weighted by molar-refractivity contribution is 5.74. The summed E-state index contributed by atoms with van der Waals surface area (Å²) >= 11 is 0. The van der Waals surface area contributed by atoms with Crippen LogP contribution in [0.5, 0.6) is 0 Å². The fraction of sp³-hybridized carbons (Fsp3) is 0.0526. The third-order valence-corrected chi connectivity index (χ3v) is 3.52. The van der Waals surface area contributed by atoms with Crippen LogP contribution in [0.2, 0.25) is 0 Å². The van der Waals surface area contributed by atoms with Crippen molar-refractivity contribution in [1.82, 2.24) is 4.98 Å². The van der Waals surface area contributed by atoms with E-state index in [9.17, 15) is 5.26 Å². The molecule has 0 saturated carbocycles. The Bertz CT molecular complexity index is 814. The van der Waals surface area contributed by atoms with Crippen molar-refractivity contribution in [3.8, 4) is 28.5 Å². The first-order valence-electron chi connectivity index (χ1n) is 6.81. The average Bonchev–Trinajstić information content (AvgIpc) is 2.55. The standard InChI is InChI=1S/C19H14N2/c1-14-11-19(15-7-3-2-4-8-15)21-13-18(14)17-10-6-5-9-16(17)12-20/h2-11,13H,1H3. The molecule has 0 bridgehead atoms. The Labute approximate surface area is 124 Å². The zero-order chi connectivity index (χ0) is 14.7. The van der Waals surface area contributed by atoms with Gasteiger partial charge in [-0.1, -0.05) is 48.5 Å². The van der Waals surface area contributed by atoms with Gasteiger partial charge < -0.3 is 0 Å². The minimum atomic E-state index is 0.676. The van der Waals surface area contributed by atoms with E-state index in [-0.39, 0.29) is 0 Å². The van der Waals surface area contributed by atoms with Gasteiger partial charge in [-0.25, -0.2) is 0 Å². The van der Waals surface area contributed by atoms with Gasteiger partial charge in [0.05, 0.1) is 17.3 Å². The summed E-state index contributed by atoms with van der Waals surface area (Å²) in [5.74, 6) is 0. The molecule has 3 aromatic rings. The lowest BCUT2D eigenvalue weighted by molar-refractivity contribution is 1.28. The smallest absolute Gasteiger partial charge is 0.0998 e. The number of benzene rings is 2. The number of hydrogen-bond donors (Lipinski definition) is 0. The Morgan fingerprint density at radius 2 is 1.62 bits per heavy atom. The molecule has 0 atom stereocenters. The molecule has 0 spiro atoms. The van der Waals surface area contributed by atoms with Crippen LogP contribution in [0.25, 0.3) is 22.4 Å². The molecule has 0 unspecified atom stereocenters. The van der Waals surface area contributed by atoms with Crippen molar-refractivity contribution in [2.75, 3.05) is 0 Å². The van der Waals surface area contributed by atoms with Gasteiger partial charge in [0.1, 0.15) is 0 Å². The molecule has 0 radical (unpaired) electrons. The van der Waals surface area contributed by atoms with Crippen LogP contribution in [0.4, 0.5) is 0 Å². The molecule has 2 nitrogen and oxygen atoms in total. The number of nitrogens with zero attached hydrogens (tertiary/aromatic N) is 2. The number of nitriles is 1. The summed E-state index contributed by atoms with van der Waals surface area (Å²) < 4.78 is 0. The predicted octanol–water partition coefficient (Wildman–Crippen LogP) is 4.60. The number of hydrogen-bond acceptors (Lipinski definition) is 2. The van der Waals surface area contributed by atoms with Crippen molar-refractivity contribution < 1.29 is 0 Å². The molecule has 1 aromatic heterocycles. The maximum absolute atomic E-state index is 9.23. The van der Waals surface area contributed by atoms with Crippen LogP contribution >= 0.6 is 0 Å². The molecule has 0 amide bonds. The van der Waals surface area contributed by atoms with Crippen molar-refractivity contribution in [3.63, 3.8) is 0 Å². The first kappa shape index (κ1) is 13.1. The van der Waals surface area contributed by atoms with Crippen LogP contribution in [-0.2, 0) is 0 Å². The minimum Gasteiger partial charge on any atom is -0.256 e. The topological polar surface area (TPSA) is 36.7 Å². The average molecular weight is 270 g/mol. The molecule has 1 heterocycles. The quantitative estimate of drug-likeness (QED) is 0.682. The molecule has 100 valence electrons. The monoisotopic (exact) mass is 270 g/mol. The highest BCUT2D eigenvalue weighted by Crippen LogP contribution is 2.28. The van der Waals surface area contributed by atoms with Gasteiger partial charge >= 0.3 is 0 Å². The highest BCUT2D eigenvalue weighted by atomic mass is 14.7. The van der Waals surface area contributed by atoms with Crippen LogP contribution < -0.4 is 0 Å². The van der Waals surface area contributed by atoms with Gasteiger partial charge in [0.25, 0.3) is 0 Å². The Hall–Kier alpha value is -2.92. The third-order valence-electron chi connectivity index (χ3n) is 3.52. The summed E-state index contributed by atoms with van der Waals surface area (Å²) in [7, 11) is 0. The summed E-state index contributed by atoms with van der Waals surface area (Å²) in [5, 5.41) is 9.23. The lowest BCUT2D eigenvalue weighted by atomic mass is 9.97. The van der Waals surface area contributed by atoms with Gasteiger partial charge in [-0.3, -0.25) is 4.98 Å². The van der Waals surface area contributed by atoms with Gasteiger partial charge in [0, 0.05) is 22.9 Å². The largest absolute Gasteiger partial charge is 0.256 e. The van der Waals surface area contributed by atoms with E-state index in [0.29, 0.717) is 5.56 Å². The van der Waals surface area contributed by atoms with Gasteiger partial charge in [-0.15, -0.1) is 0 Å². The molecular formula is C19H14N2. The van der Waals surface area contributed by atoms with E-state index in [1.165, 1.54) is 0 Å². The van der Waals surface area contributed by atoms with E-state index >= 15 is 0 Å². The SMILES string of the molecule is Cc1cc(-c2ccccc2)ncc1-c1ccccc1C#N. The molecule has 0 aliphatic rings. The van der Waals surface area contributed by atoms with E-state index in [2.05, 4.69) is 24.0 Å². The number of rotatable bonds is 2. The highest BCUT2D eigenvalue weighted by Gasteiger charge is 2.09. The maximum Gasteiger partial charge on any atom is 0.0998 e. The lowest BCUT2D eigenvalue weighted by Crippen LogP contribution is -1.91. The minimum absolute atomic E-state index is 0.676. The Balaban J connectivity index is 2.09. The van der Waals surface area contributed by atoms with Crippen LogP contribution in [0.3, 0.4) is 0 Å². The van der Waals surface area contributed by atoms with Crippen molar-refractivity contribution in [2.24, 2.45) is 0 Å². The lowest BCUT2D eigenvalue weighted by Gasteiger charge is -2.09. The third kappa shape index (κ3) is 2.54. The van der Waals surface area contributed by atoms with Crippen molar-refractivity contribution in [1.29, 1.82) is 5.26 Å². The van der Waals surface area contributed by atoms with Gasteiger partial charge in [-0.05, 0) is 24.6 Å². The number of pyridine rings is 1. The second-order valence-corrected chi connectivity index (χ2v) is 4.91. The molecule has 2 aromatic carbocycles. The molecule has 0 saturated heterocycles. The number of aryl methyl sites for hydroxylation is 1. The molecular weight excluding hydrogens is 256 g/mol. The zero-order valence-electron chi connectivity index (χ0n) is 11.7. The van der Waals surface area contributed by atoms with Crippen LogP contribution in [0.15, 0.2) is 66.9 Å². The first-order chi connectivity index (χ1) is 10.3. The molecule has 0 aliphatic carbocycles. The molecule has 0 aliphatic heterocycles. The summed E-state index contributed by atoms with van der Waals surface area (Å²) in [6.07, 6.45) is 1.86. The maximum atomic E-state index is 9.23. The summed E-state index contributed by atoms with van der Waals surface area (Å²) in [6.45, 7) is 2.05. The molecule has 2 heteroatoms. The molecule has 3 rings (SSSR count).